The third-order valence-corrected chi connectivity index (χ3v) is 4.61. The number of aromatic nitrogens is 1. The lowest BCUT2D eigenvalue weighted by molar-refractivity contribution is -0.122. The lowest BCUT2D eigenvalue weighted by atomic mass is 10.1. The Hall–Kier alpha value is -1.83. The lowest BCUT2D eigenvalue weighted by Gasteiger charge is -2.23. The summed E-state index contributed by atoms with van der Waals surface area (Å²) in [5, 5.41) is 6.41. The molecule has 116 valence electrons. The van der Waals surface area contributed by atoms with E-state index >= 15 is 0 Å². The van der Waals surface area contributed by atoms with Gasteiger partial charge in [-0.2, -0.15) is 0 Å². The fraction of sp³-hybridized carbons (Fsp3) is 0.615. The molecule has 0 bridgehead atoms. The number of hydrogen-bond donors (Lipinski definition) is 3. The molecule has 1 atom stereocenters. The van der Waals surface area contributed by atoms with E-state index in [2.05, 4.69) is 20.5 Å². The lowest BCUT2D eigenvalue weighted by Crippen LogP contribution is -2.47. The van der Waals surface area contributed by atoms with Crippen LogP contribution in [0.25, 0.3) is 0 Å². The Labute approximate surface area is 127 Å². The van der Waals surface area contributed by atoms with Gasteiger partial charge in [-0.3, -0.25) is 9.59 Å². The molecule has 0 spiro atoms. The molecule has 0 aromatic carbocycles. The molecular formula is C13H21N5O2S. The largest absolute Gasteiger partial charge is 0.382 e. The minimum atomic E-state index is -0.218. The highest BCUT2D eigenvalue weighted by atomic mass is 32.1. The number of nitrogens with two attached hydrogens (primary N) is 1. The molecule has 2 amide bonds. The molecular weight excluding hydrogens is 290 g/mol. The molecule has 1 aromatic heterocycles. The predicted molar refractivity (Wildman–Crippen MR) is 83.6 cm³/mol. The molecule has 2 heterocycles. The number of nitrogen functional groups attached to an aromatic ring is 1. The van der Waals surface area contributed by atoms with Gasteiger partial charge >= 0.3 is 0 Å². The van der Waals surface area contributed by atoms with Crippen molar-refractivity contribution in [2.24, 2.45) is 0 Å². The van der Waals surface area contributed by atoms with Gasteiger partial charge in [-0.05, 0) is 20.3 Å². The highest BCUT2D eigenvalue weighted by Gasteiger charge is 2.23. The van der Waals surface area contributed by atoms with Crippen molar-refractivity contribution in [3.8, 4) is 0 Å². The van der Waals surface area contributed by atoms with Gasteiger partial charge in [0.25, 0.3) is 5.91 Å². The zero-order valence-electron chi connectivity index (χ0n) is 12.3. The van der Waals surface area contributed by atoms with Crippen molar-refractivity contribution in [2.75, 3.05) is 30.3 Å². The standard InChI is InChI=1S/C13H21N5O2S/c1-3-18(4-2)13-17-11(14)10(21-13)12(20)16-8-5-6-9(19)15-7-8/h8H,3-7,14H2,1-2H3,(H,15,19)(H,16,20). The smallest absolute Gasteiger partial charge is 0.265 e. The Balaban J connectivity index is 2.03. The molecule has 0 saturated carbocycles. The Morgan fingerprint density at radius 2 is 2.24 bits per heavy atom. The summed E-state index contributed by atoms with van der Waals surface area (Å²) in [6, 6.07) is -0.0476. The van der Waals surface area contributed by atoms with Crippen molar-refractivity contribution in [1.82, 2.24) is 15.6 Å². The van der Waals surface area contributed by atoms with Crippen LogP contribution in [0.3, 0.4) is 0 Å². The van der Waals surface area contributed by atoms with E-state index in [4.69, 9.17) is 5.73 Å². The third-order valence-electron chi connectivity index (χ3n) is 3.48. The van der Waals surface area contributed by atoms with Gasteiger partial charge in [0, 0.05) is 32.1 Å². The molecule has 1 aliphatic rings. The average Bonchev–Trinajstić information content (AvgIpc) is 2.85. The first-order chi connectivity index (χ1) is 10.0. The maximum Gasteiger partial charge on any atom is 0.265 e. The van der Waals surface area contributed by atoms with Gasteiger partial charge in [0.2, 0.25) is 5.91 Å². The van der Waals surface area contributed by atoms with Crippen LogP contribution in [-0.2, 0) is 4.79 Å². The molecule has 1 aliphatic heterocycles. The number of anilines is 2. The van der Waals surface area contributed by atoms with Gasteiger partial charge in [0.15, 0.2) is 5.13 Å². The van der Waals surface area contributed by atoms with Crippen molar-refractivity contribution in [3.05, 3.63) is 4.88 Å². The molecule has 2 rings (SSSR count). The summed E-state index contributed by atoms with van der Waals surface area (Å²) in [6.45, 7) is 6.17. The fourth-order valence-corrected chi connectivity index (χ4v) is 3.23. The molecule has 0 aliphatic carbocycles. The number of carbonyl (C=O) groups excluding carboxylic acids is 2. The van der Waals surface area contributed by atoms with E-state index in [1.54, 1.807) is 0 Å². The molecule has 8 heteroatoms. The number of nitrogens with zero attached hydrogens (tertiary/aromatic N) is 2. The van der Waals surface area contributed by atoms with E-state index in [-0.39, 0.29) is 23.7 Å². The Morgan fingerprint density at radius 1 is 1.52 bits per heavy atom. The maximum atomic E-state index is 12.3. The van der Waals surface area contributed by atoms with Gasteiger partial charge in [0.05, 0.1) is 0 Å². The summed E-state index contributed by atoms with van der Waals surface area (Å²) >= 11 is 1.30. The van der Waals surface area contributed by atoms with Gasteiger partial charge in [-0.25, -0.2) is 4.98 Å². The number of carbonyl (C=O) groups is 2. The predicted octanol–water partition coefficient (Wildman–Crippen LogP) is 0.580. The highest BCUT2D eigenvalue weighted by Crippen LogP contribution is 2.28. The summed E-state index contributed by atoms with van der Waals surface area (Å²) < 4.78 is 0. The number of rotatable bonds is 5. The quantitative estimate of drug-likeness (QED) is 0.738. The first-order valence-corrected chi connectivity index (χ1v) is 7.95. The number of hydrogen-bond acceptors (Lipinski definition) is 6. The first-order valence-electron chi connectivity index (χ1n) is 7.13. The van der Waals surface area contributed by atoms with E-state index in [0.717, 1.165) is 18.2 Å². The Morgan fingerprint density at radius 3 is 2.81 bits per heavy atom. The van der Waals surface area contributed by atoms with E-state index in [1.807, 2.05) is 13.8 Å². The first kappa shape index (κ1) is 15.6. The van der Waals surface area contributed by atoms with Crippen LogP contribution in [0.5, 0.6) is 0 Å². The van der Waals surface area contributed by atoms with E-state index in [1.165, 1.54) is 11.3 Å². The molecule has 1 aromatic rings. The van der Waals surface area contributed by atoms with Crippen LogP contribution >= 0.6 is 11.3 Å². The highest BCUT2D eigenvalue weighted by molar-refractivity contribution is 7.18. The van der Waals surface area contributed by atoms with Gasteiger partial charge in [-0.1, -0.05) is 11.3 Å². The molecule has 21 heavy (non-hydrogen) atoms. The van der Waals surface area contributed by atoms with Crippen LogP contribution in [0.1, 0.15) is 36.4 Å². The van der Waals surface area contributed by atoms with E-state index < -0.39 is 0 Å². The molecule has 7 nitrogen and oxygen atoms in total. The monoisotopic (exact) mass is 311 g/mol. The van der Waals surface area contributed by atoms with Crippen LogP contribution in [0, 0.1) is 0 Å². The molecule has 1 unspecified atom stereocenters. The second kappa shape index (κ2) is 6.75. The van der Waals surface area contributed by atoms with Gasteiger partial charge in [-0.15, -0.1) is 0 Å². The van der Waals surface area contributed by atoms with Gasteiger partial charge < -0.3 is 21.3 Å². The minimum absolute atomic E-state index is 0.0293. The number of nitrogens with one attached hydrogen (secondary N) is 2. The number of piperidine rings is 1. The summed E-state index contributed by atoms with van der Waals surface area (Å²) in [5.41, 5.74) is 5.86. The molecule has 4 N–H and O–H groups in total. The van der Waals surface area contributed by atoms with Crippen LogP contribution in [0.4, 0.5) is 10.9 Å². The normalized spacial score (nSPS) is 18.2. The van der Waals surface area contributed by atoms with Crippen LogP contribution in [-0.4, -0.2) is 42.5 Å². The van der Waals surface area contributed by atoms with E-state index in [0.29, 0.717) is 24.3 Å². The van der Waals surface area contributed by atoms with E-state index in [9.17, 15) is 9.59 Å². The molecule has 0 radical (unpaired) electrons. The van der Waals surface area contributed by atoms with Crippen molar-refractivity contribution < 1.29 is 9.59 Å². The summed E-state index contributed by atoms with van der Waals surface area (Å²) in [4.78, 5) is 30.1. The van der Waals surface area contributed by atoms with Crippen LogP contribution < -0.4 is 21.3 Å². The number of amides is 2. The zero-order valence-corrected chi connectivity index (χ0v) is 13.1. The topological polar surface area (TPSA) is 100 Å². The van der Waals surface area contributed by atoms with Crippen molar-refractivity contribution in [1.29, 1.82) is 0 Å². The molecule has 1 fully saturated rings. The van der Waals surface area contributed by atoms with Crippen molar-refractivity contribution in [3.63, 3.8) is 0 Å². The average molecular weight is 311 g/mol. The van der Waals surface area contributed by atoms with Crippen LogP contribution in [0.2, 0.25) is 0 Å². The van der Waals surface area contributed by atoms with Gasteiger partial charge in [0.1, 0.15) is 10.7 Å². The SMILES string of the molecule is CCN(CC)c1nc(N)c(C(=O)NC2CCC(=O)NC2)s1. The zero-order chi connectivity index (χ0) is 15.4. The minimum Gasteiger partial charge on any atom is -0.382 e. The summed E-state index contributed by atoms with van der Waals surface area (Å²) in [7, 11) is 0. The second-order valence-corrected chi connectivity index (χ2v) is 5.87. The maximum absolute atomic E-state index is 12.3. The summed E-state index contributed by atoms with van der Waals surface area (Å²) in [6.07, 6.45) is 1.09. The third kappa shape index (κ3) is 3.63. The molecule has 1 saturated heterocycles. The fourth-order valence-electron chi connectivity index (χ4n) is 2.22. The second-order valence-electron chi connectivity index (χ2n) is 4.90. The van der Waals surface area contributed by atoms with Crippen LogP contribution in [0.15, 0.2) is 0 Å². The van der Waals surface area contributed by atoms with Crippen molar-refractivity contribution in [2.45, 2.75) is 32.7 Å². The Kier molecular flexibility index (Phi) is 5.00. The number of thiazole rings is 1. The summed E-state index contributed by atoms with van der Waals surface area (Å²) in [5.74, 6) is 0.0745. The Bertz CT molecular complexity index is 517. The van der Waals surface area contributed by atoms with Crippen molar-refractivity contribution >= 4 is 34.1 Å².